The van der Waals surface area contributed by atoms with Crippen LogP contribution in [0.3, 0.4) is 0 Å². The topological polar surface area (TPSA) is 49.8 Å². The molecule has 0 bridgehead atoms. The predicted octanol–water partition coefficient (Wildman–Crippen LogP) is 1.81. The van der Waals surface area contributed by atoms with Crippen LogP contribution in [0.25, 0.3) is 0 Å². The number of amides is 1. The SMILES string of the molecule is CC1CCCC(OCC(=O)N2CCCC(CO)C2)C1. The molecule has 0 aromatic rings. The Morgan fingerprint density at radius 1 is 1.32 bits per heavy atom. The molecule has 4 nitrogen and oxygen atoms in total. The van der Waals surface area contributed by atoms with Crippen molar-refractivity contribution >= 4 is 5.91 Å². The average Bonchev–Trinajstić information content (AvgIpc) is 2.45. The van der Waals surface area contributed by atoms with Crippen LogP contribution in [-0.2, 0) is 9.53 Å². The zero-order valence-electron chi connectivity index (χ0n) is 12.0. The summed E-state index contributed by atoms with van der Waals surface area (Å²) in [6.07, 6.45) is 6.99. The Balaban J connectivity index is 1.71. The van der Waals surface area contributed by atoms with Crippen LogP contribution < -0.4 is 0 Å². The van der Waals surface area contributed by atoms with Crippen molar-refractivity contribution in [3.8, 4) is 0 Å². The lowest BCUT2D eigenvalue weighted by Crippen LogP contribution is -2.43. The van der Waals surface area contributed by atoms with Crippen LogP contribution in [0, 0.1) is 11.8 Å². The molecule has 1 saturated carbocycles. The molecule has 1 N–H and O–H groups in total. The number of carbonyl (C=O) groups is 1. The van der Waals surface area contributed by atoms with Gasteiger partial charge in [-0.3, -0.25) is 4.79 Å². The minimum Gasteiger partial charge on any atom is -0.396 e. The Morgan fingerprint density at radius 2 is 2.16 bits per heavy atom. The molecule has 3 atom stereocenters. The van der Waals surface area contributed by atoms with Gasteiger partial charge in [-0.15, -0.1) is 0 Å². The van der Waals surface area contributed by atoms with E-state index in [1.54, 1.807) is 0 Å². The summed E-state index contributed by atoms with van der Waals surface area (Å²) in [5, 5.41) is 9.18. The lowest BCUT2D eigenvalue weighted by atomic mass is 9.89. The minimum atomic E-state index is 0.0939. The fraction of sp³-hybridized carbons (Fsp3) is 0.933. The molecule has 0 radical (unpaired) electrons. The lowest BCUT2D eigenvalue weighted by molar-refractivity contribution is -0.141. The van der Waals surface area contributed by atoms with Crippen molar-refractivity contribution in [3.05, 3.63) is 0 Å². The Labute approximate surface area is 116 Å². The second kappa shape index (κ2) is 7.25. The molecule has 2 aliphatic rings. The largest absolute Gasteiger partial charge is 0.396 e. The highest BCUT2D eigenvalue weighted by atomic mass is 16.5. The maximum Gasteiger partial charge on any atom is 0.248 e. The summed E-state index contributed by atoms with van der Waals surface area (Å²) in [5.41, 5.74) is 0. The second-order valence-electron chi connectivity index (χ2n) is 6.24. The summed E-state index contributed by atoms with van der Waals surface area (Å²) >= 11 is 0. The van der Waals surface area contributed by atoms with Crippen LogP contribution in [0.2, 0.25) is 0 Å². The van der Waals surface area contributed by atoms with E-state index in [1.807, 2.05) is 4.90 Å². The van der Waals surface area contributed by atoms with Gasteiger partial charge in [-0.2, -0.15) is 0 Å². The highest BCUT2D eigenvalue weighted by molar-refractivity contribution is 5.77. The molecule has 3 unspecified atom stereocenters. The van der Waals surface area contributed by atoms with E-state index in [9.17, 15) is 9.90 Å². The quantitative estimate of drug-likeness (QED) is 0.847. The van der Waals surface area contributed by atoms with Gasteiger partial charge in [0.05, 0.1) is 6.10 Å². The van der Waals surface area contributed by atoms with Gasteiger partial charge in [-0.05, 0) is 37.5 Å². The first-order valence-corrected chi connectivity index (χ1v) is 7.69. The van der Waals surface area contributed by atoms with Gasteiger partial charge in [0.1, 0.15) is 6.61 Å². The molecule has 19 heavy (non-hydrogen) atoms. The molecule has 1 amide bonds. The van der Waals surface area contributed by atoms with E-state index in [2.05, 4.69) is 6.92 Å². The van der Waals surface area contributed by atoms with Gasteiger partial charge in [0.2, 0.25) is 5.91 Å². The van der Waals surface area contributed by atoms with Crippen molar-refractivity contribution in [2.75, 3.05) is 26.3 Å². The Hall–Kier alpha value is -0.610. The summed E-state index contributed by atoms with van der Waals surface area (Å²) in [4.78, 5) is 14.0. The average molecular weight is 269 g/mol. The lowest BCUT2D eigenvalue weighted by Gasteiger charge is -2.33. The second-order valence-corrected chi connectivity index (χ2v) is 6.24. The summed E-state index contributed by atoms with van der Waals surface area (Å²) in [5.74, 6) is 1.08. The number of hydrogen-bond donors (Lipinski definition) is 1. The van der Waals surface area contributed by atoms with Crippen LogP contribution >= 0.6 is 0 Å². The zero-order valence-corrected chi connectivity index (χ0v) is 12.0. The summed E-state index contributed by atoms with van der Waals surface area (Å²) in [6.45, 7) is 4.17. The van der Waals surface area contributed by atoms with E-state index in [4.69, 9.17) is 4.74 Å². The number of aliphatic hydroxyl groups excluding tert-OH is 1. The maximum absolute atomic E-state index is 12.1. The minimum absolute atomic E-state index is 0.0939. The predicted molar refractivity (Wildman–Crippen MR) is 73.8 cm³/mol. The van der Waals surface area contributed by atoms with E-state index < -0.39 is 0 Å². The maximum atomic E-state index is 12.1. The Bertz CT molecular complexity index is 295. The third-order valence-electron chi connectivity index (χ3n) is 4.46. The normalized spacial score (nSPS) is 32.3. The van der Waals surface area contributed by atoms with Gasteiger partial charge in [-0.1, -0.05) is 19.8 Å². The number of nitrogens with zero attached hydrogens (tertiary/aromatic N) is 1. The fourth-order valence-corrected chi connectivity index (χ4v) is 3.25. The van der Waals surface area contributed by atoms with Gasteiger partial charge < -0.3 is 14.7 Å². The Kier molecular flexibility index (Phi) is 5.64. The van der Waals surface area contributed by atoms with E-state index in [0.717, 1.165) is 38.1 Å². The standard InChI is InChI=1S/C15H27NO3/c1-12-4-2-6-14(8-12)19-11-15(18)16-7-3-5-13(9-16)10-17/h12-14,17H,2-11H2,1H3. The molecule has 110 valence electrons. The number of piperidine rings is 1. The first-order chi connectivity index (χ1) is 9.19. The number of rotatable bonds is 4. The van der Waals surface area contributed by atoms with E-state index in [-0.39, 0.29) is 31.1 Å². The van der Waals surface area contributed by atoms with E-state index in [1.165, 1.54) is 12.8 Å². The number of hydrogen-bond acceptors (Lipinski definition) is 3. The summed E-state index contributed by atoms with van der Waals surface area (Å²) in [6, 6.07) is 0. The molecular weight excluding hydrogens is 242 g/mol. The third-order valence-corrected chi connectivity index (χ3v) is 4.46. The highest BCUT2D eigenvalue weighted by Gasteiger charge is 2.25. The molecule has 0 aromatic heterocycles. The number of likely N-dealkylation sites (tertiary alicyclic amines) is 1. The summed E-state index contributed by atoms with van der Waals surface area (Å²) < 4.78 is 5.78. The van der Waals surface area contributed by atoms with Gasteiger partial charge in [-0.25, -0.2) is 0 Å². The van der Waals surface area contributed by atoms with Crippen LogP contribution in [0.1, 0.15) is 45.4 Å². The van der Waals surface area contributed by atoms with Crippen molar-refractivity contribution in [1.82, 2.24) is 4.90 Å². The number of ether oxygens (including phenoxy) is 1. The highest BCUT2D eigenvalue weighted by Crippen LogP contribution is 2.25. The zero-order chi connectivity index (χ0) is 13.7. The Morgan fingerprint density at radius 3 is 2.89 bits per heavy atom. The number of carbonyl (C=O) groups excluding carboxylic acids is 1. The molecule has 2 rings (SSSR count). The molecular formula is C15H27NO3. The molecule has 4 heteroatoms. The van der Waals surface area contributed by atoms with Crippen LogP contribution in [0.5, 0.6) is 0 Å². The van der Waals surface area contributed by atoms with Gasteiger partial charge in [0, 0.05) is 19.7 Å². The van der Waals surface area contributed by atoms with Crippen LogP contribution in [0.4, 0.5) is 0 Å². The third kappa shape index (κ3) is 4.46. The molecule has 1 aliphatic carbocycles. The first kappa shape index (κ1) is 14.8. The van der Waals surface area contributed by atoms with Gasteiger partial charge in [0.25, 0.3) is 0 Å². The van der Waals surface area contributed by atoms with Crippen molar-refractivity contribution < 1.29 is 14.6 Å². The smallest absolute Gasteiger partial charge is 0.248 e. The van der Waals surface area contributed by atoms with Crippen molar-refractivity contribution in [1.29, 1.82) is 0 Å². The monoisotopic (exact) mass is 269 g/mol. The molecule has 2 fully saturated rings. The molecule has 0 aromatic carbocycles. The molecule has 1 saturated heterocycles. The van der Waals surface area contributed by atoms with E-state index in [0.29, 0.717) is 6.54 Å². The molecule has 1 heterocycles. The van der Waals surface area contributed by atoms with Crippen molar-refractivity contribution in [3.63, 3.8) is 0 Å². The van der Waals surface area contributed by atoms with Crippen molar-refractivity contribution in [2.24, 2.45) is 11.8 Å². The van der Waals surface area contributed by atoms with Gasteiger partial charge >= 0.3 is 0 Å². The van der Waals surface area contributed by atoms with E-state index >= 15 is 0 Å². The summed E-state index contributed by atoms with van der Waals surface area (Å²) in [7, 11) is 0. The fourth-order valence-electron chi connectivity index (χ4n) is 3.25. The van der Waals surface area contributed by atoms with Crippen LogP contribution in [-0.4, -0.2) is 48.3 Å². The first-order valence-electron chi connectivity index (χ1n) is 7.69. The number of aliphatic hydroxyl groups is 1. The molecule has 0 spiro atoms. The molecule has 1 aliphatic heterocycles. The van der Waals surface area contributed by atoms with Crippen molar-refractivity contribution in [2.45, 2.75) is 51.6 Å². The van der Waals surface area contributed by atoms with Gasteiger partial charge in [0.15, 0.2) is 0 Å². The van der Waals surface area contributed by atoms with Crippen LogP contribution in [0.15, 0.2) is 0 Å².